The Labute approximate surface area is 117 Å². The van der Waals surface area contributed by atoms with Crippen LogP contribution in [0.2, 0.25) is 0 Å². The molecule has 0 aliphatic heterocycles. The zero-order valence-corrected chi connectivity index (χ0v) is 12.0. The Morgan fingerprint density at radius 2 is 1.74 bits per heavy atom. The molecule has 19 heavy (non-hydrogen) atoms. The molecule has 0 spiro atoms. The van der Waals surface area contributed by atoms with Crippen LogP contribution in [0, 0.1) is 5.92 Å². The molecule has 0 saturated heterocycles. The molecule has 0 amide bonds. The van der Waals surface area contributed by atoms with Crippen LogP contribution in [0.1, 0.15) is 63.4 Å². The lowest BCUT2D eigenvalue weighted by atomic mass is 9.64. The van der Waals surface area contributed by atoms with Gasteiger partial charge in [0.15, 0.2) is 0 Å². The Bertz CT molecular complexity index is 387. The van der Waals surface area contributed by atoms with E-state index >= 15 is 0 Å². The van der Waals surface area contributed by atoms with Gasteiger partial charge >= 0.3 is 0 Å². The first kappa shape index (κ1) is 13.2. The molecule has 0 bridgehead atoms. The summed E-state index contributed by atoms with van der Waals surface area (Å²) in [5, 5.41) is 0. The topological polar surface area (TPSA) is 26.0 Å². The lowest BCUT2D eigenvalue weighted by Crippen LogP contribution is -2.46. The fourth-order valence-corrected chi connectivity index (χ4v) is 3.92. The van der Waals surface area contributed by atoms with E-state index in [1.807, 2.05) is 0 Å². The number of hydrogen-bond donors (Lipinski definition) is 1. The summed E-state index contributed by atoms with van der Waals surface area (Å²) in [5.41, 5.74) is 8.46. The Morgan fingerprint density at radius 1 is 1.05 bits per heavy atom. The largest absolute Gasteiger partial charge is 0.327 e. The minimum Gasteiger partial charge on any atom is -0.327 e. The summed E-state index contributed by atoms with van der Waals surface area (Å²) in [6.07, 6.45) is 12.2. The molecule has 3 rings (SSSR count). The molecule has 1 aromatic rings. The first-order chi connectivity index (χ1) is 9.31. The molecule has 1 heteroatoms. The highest BCUT2D eigenvalue weighted by molar-refractivity contribution is 5.28. The Hall–Kier alpha value is -0.820. The van der Waals surface area contributed by atoms with Crippen LogP contribution in [0.15, 0.2) is 30.3 Å². The molecular weight excluding hydrogens is 230 g/mol. The maximum Gasteiger partial charge on any atom is 0.0136 e. The minimum absolute atomic E-state index is 0.272. The molecule has 0 radical (unpaired) electrons. The average Bonchev–Trinajstić information content (AvgIpc) is 3.30. The van der Waals surface area contributed by atoms with Gasteiger partial charge < -0.3 is 5.73 Å². The van der Waals surface area contributed by atoms with Crippen LogP contribution in [-0.2, 0) is 5.41 Å². The van der Waals surface area contributed by atoms with Crippen LogP contribution in [0.3, 0.4) is 0 Å². The predicted molar refractivity (Wildman–Crippen MR) is 81.1 cm³/mol. The van der Waals surface area contributed by atoms with E-state index in [4.69, 9.17) is 5.73 Å². The molecule has 2 fully saturated rings. The Morgan fingerprint density at radius 3 is 2.37 bits per heavy atom. The predicted octanol–water partition coefficient (Wildman–Crippen LogP) is 4.41. The lowest BCUT2D eigenvalue weighted by molar-refractivity contribution is 0.230. The second-order valence-corrected chi connectivity index (χ2v) is 6.71. The highest BCUT2D eigenvalue weighted by atomic mass is 14.7. The Balaban J connectivity index is 1.78. The monoisotopic (exact) mass is 257 g/mol. The van der Waals surface area contributed by atoms with E-state index in [9.17, 15) is 0 Å². The molecule has 2 saturated carbocycles. The number of benzene rings is 1. The molecule has 104 valence electrons. The van der Waals surface area contributed by atoms with Crippen LogP contribution in [0.25, 0.3) is 0 Å². The summed E-state index contributed by atoms with van der Waals surface area (Å²) in [5.74, 6) is 1.00. The fourth-order valence-electron chi connectivity index (χ4n) is 3.92. The highest BCUT2D eigenvalue weighted by Crippen LogP contribution is 2.44. The van der Waals surface area contributed by atoms with Crippen LogP contribution >= 0.6 is 0 Å². The number of rotatable bonds is 5. The molecule has 2 aliphatic rings. The third kappa shape index (κ3) is 2.86. The van der Waals surface area contributed by atoms with E-state index in [1.165, 1.54) is 63.4 Å². The quantitative estimate of drug-likeness (QED) is 0.831. The summed E-state index contributed by atoms with van der Waals surface area (Å²) >= 11 is 0. The maximum absolute atomic E-state index is 6.69. The van der Waals surface area contributed by atoms with Gasteiger partial charge in [0.25, 0.3) is 0 Å². The van der Waals surface area contributed by atoms with Crippen molar-refractivity contribution in [1.82, 2.24) is 0 Å². The summed E-state index contributed by atoms with van der Waals surface area (Å²) in [6.45, 7) is 0. The summed E-state index contributed by atoms with van der Waals surface area (Å²) in [4.78, 5) is 0. The normalized spacial score (nSPS) is 24.1. The Kier molecular flexibility index (Phi) is 3.93. The van der Waals surface area contributed by atoms with Crippen LogP contribution in [-0.4, -0.2) is 6.04 Å². The van der Waals surface area contributed by atoms with Gasteiger partial charge in [-0.05, 0) is 37.2 Å². The molecule has 1 aromatic carbocycles. The zero-order valence-electron chi connectivity index (χ0n) is 12.0. The van der Waals surface area contributed by atoms with E-state index < -0.39 is 0 Å². The SMILES string of the molecule is NC(CCC1CC1)C1(c2ccccc2)CCCCC1. The summed E-state index contributed by atoms with van der Waals surface area (Å²) in [7, 11) is 0. The van der Waals surface area contributed by atoms with Gasteiger partial charge in [-0.3, -0.25) is 0 Å². The molecule has 2 aliphatic carbocycles. The molecule has 0 aromatic heterocycles. The summed E-state index contributed by atoms with van der Waals surface area (Å²) in [6, 6.07) is 11.5. The van der Waals surface area contributed by atoms with Gasteiger partial charge in [0.05, 0.1) is 0 Å². The molecule has 0 heterocycles. The van der Waals surface area contributed by atoms with Crippen molar-refractivity contribution in [2.45, 2.75) is 69.2 Å². The zero-order chi connectivity index (χ0) is 13.1. The highest BCUT2D eigenvalue weighted by Gasteiger charge is 2.39. The van der Waals surface area contributed by atoms with Gasteiger partial charge in [-0.1, -0.05) is 62.4 Å². The fraction of sp³-hybridized carbons (Fsp3) is 0.667. The van der Waals surface area contributed by atoms with Gasteiger partial charge in [0, 0.05) is 11.5 Å². The van der Waals surface area contributed by atoms with E-state index in [2.05, 4.69) is 30.3 Å². The van der Waals surface area contributed by atoms with Crippen LogP contribution in [0.5, 0.6) is 0 Å². The molecule has 1 unspecified atom stereocenters. The van der Waals surface area contributed by atoms with E-state index in [0.29, 0.717) is 6.04 Å². The first-order valence-electron chi connectivity index (χ1n) is 8.12. The lowest BCUT2D eigenvalue weighted by Gasteiger charge is -2.43. The average molecular weight is 257 g/mol. The van der Waals surface area contributed by atoms with Crippen molar-refractivity contribution in [3.8, 4) is 0 Å². The van der Waals surface area contributed by atoms with E-state index in [0.717, 1.165) is 5.92 Å². The van der Waals surface area contributed by atoms with Crippen molar-refractivity contribution in [1.29, 1.82) is 0 Å². The standard InChI is InChI=1S/C18H27N/c19-17(12-11-15-9-10-15)18(13-5-2-6-14-18)16-7-3-1-4-8-16/h1,3-4,7-8,15,17H,2,5-6,9-14,19H2. The second-order valence-electron chi connectivity index (χ2n) is 6.71. The van der Waals surface area contributed by atoms with Gasteiger partial charge in [-0.2, -0.15) is 0 Å². The van der Waals surface area contributed by atoms with Crippen LogP contribution in [0.4, 0.5) is 0 Å². The molecular formula is C18H27N. The molecule has 1 nitrogen and oxygen atoms in total. The second kappa shape index (κ2) is 5.66. The number of nitrogens with two attached hydrogens (primary N) is 1. The smallest absolute Gasteiger partial charge is 0.0136 e. The first-order valence-corrected chi connectivity index (χ1v) is 8.12. The number of hydrogen-bond acceptors (Lipinski definition) is 1. The third-order valence-electron chi connectivity index (χ3n) is 5.39. The van der Waals surface area contributed by atoms with E-state index in [-0.39, 0.29) is 5.41 Å². The molecule has 2 N–H and O–H groups in total. The third-order valence-corrected chi connectivity index (χ3v) is 5.39. The van der Waals surface area contributed by atoms with E-state index in [1.54, 1.807) is 0 Å². The van der Waals surface area contributed by atoms with Crippen molar-refractivity contribution in [2.24, 2.45) is 11.7 Å². The van der Waals surface area contributed by atoms with Crippen molar-refractivity contribution >= 4 is 0 Å². The molecule has 1 atom stereocenters. The van der Waals surface area contributed by atoms with Gasteiger partial charge in [0.2, 0.25) is 0 Å². The van der Waals surface area contributed by atoms with Gasteiger partial charge in [-0.15, -0.1) is 0 Å². The minimum atomic E-state index is 0.272. The van der Waals surface area contributed by atoms with Crippen molar-refractivity contribution in [2.75, 3.05) is 0 Å². The van der Waals surface area contributed by atoms with Crippen LogP contribution < -0.4 is 5.73 Å². The van der Waals surface area contributed by atoms with Gasteiger partial charge in [-0.25, -0.2) is 0 Å². The van der Waals surface area contributed by atoms with Gasteiger partial charge in [0.1, 0.15) is 0 Å². The maximum atomic E-state index is 6.69. The van der Waals surface area contributed by atoms with Crippen molar-refractivity contribution in [3.05, 3.63) is 35.9 Å². The van der Waals surface area contributed by atoms with Crippen molar-refractivity contribution in [3.63, 3.8) is 0 Å². The summed E-state index contributed by atoms with van der Waals surface area (Å²) < 4.78 is 0. The van der Waals surface area contributed by atoms with Crippen molar-refractivity contribution < 1.29 is 0 Å².